The molecule has 0 aromatic heterocycles. The Morgan fingerprint density at radius 1 is 0.918 bits per heavy atom. The highest BCUT2D eigenvalue weighted by Gasteiger charge is 2.53. The highest BCUT2D eigenvalue weighted by molar-refractivity contribution is 6.23. The van der Waals surface area contributed by atoms with E-state index in [2.05, 4.69) is 30.9 Å². The van der Waals surface area contributed by atoms with Crippen LogP contribution in [-0.4, -0.2) is 168 Å². The quantitative estimate of drug-likeness (QED) is 0.322. The van der Waals surface area contributed by atoms with E-state index in [4.69, 9.17) is 9.73 Å². The van der Waals surface area contributed by atoms with Gasteiger partial charge in [0.25, 0.3) is 23.6 Å². The molecule has 3 unspecified atom stereocenters. The Balaban J connectivity index is 0.778. The molecule has 2 aromatic rings. The van der Waals surface area contributed by atoms with Crippen LogP contribution in [0.25, 0.3) is 0 Å². The molecule has 18 nitrogen and oxygen atoms in total. The summed E-state index contributed by atoms with van der Waals surface area (Å²) >= 11 is 0. The number of likely N-dealkylation sites (N-methyl/N-ethyl adjacent to an activating group) is 1. The average Bonchev–Trinajstić information content (AvgIpc) is 3.84. The van der Waals surface area contributed by atoms with Gasteiger partial charge in [-0.05, 0) is 55.7 Å². The third-order valence-corrected chi connectivity index (χ3v) is 13.0. The van der Waals surface area contributed by atoms with Gasteiger partial charge < -0.3 is 19.9 Å². The Bertz CT molecular complexity index is 2240. The number of nitrogens with zero attached hydrogens (tertiary/aromatic N) is 8. The zero-order valence-corrected chi connectivity index (χ0v) is 33.8. The molecular weight excluding hydrogens is 797 g/mol. The number of hydrazine groups is 1. The number of ether oxygens (including phenoxy) is 1. The predicted molar refractivity (Wildman–Crippen MR) is 217 cm³/mol. The van der Waals surface area contributed by atoms with Crippen LogP contribution in [0, 0.1) is 0 Å². The van der Waals surface area contributed by atoms with E-state index in [0.717, 1.165) is 41.2 Å². The molecule has 0 spiro atoms. The second-order valence-corrected chi connectivity index (χ2v) is 16.6. The lowest BCUT2D eigenvalue weighted by atomic mass is 10.0. The monoisotopic (exact) mass is 843 g/mol. The Hall–Kier alpha value is -5.86. The number of carbonyl (C=O) groups is 6. The van der Waals surface area contributed by atoms with E-state index in [0.29, 0.717) is 56.3 Å². The molecule has 0 radical (unpaired) electrons. The molecule has 4 saturated heterocycles. The first-order valence-corrected chi connectivity index (χ1v) is 20.7. The van der Waals surface area contributed by atoms with Crippen molar-refractivity contribution in [2.45, 2.75) is 74.8 Å². The van der Waals surface area contributed by atoms with Gasteiger partial charge in [0.1, 0.15) is 24.0 Å². The van der Waals surface area contributed by atoms with E-state index in [1.54, 1.807) is 35.2 Å². The molecule has 3 N–H and O–H groups in total. The van der Waals surface area contributed by atoms with Gasteiger partial charge in [-0.15, -0.1) is 0 Å². The van der Waals surface area contributed by atoms with Crippen molar-refractivity contribution in [1.29, 1.82) is 0 Å². The van der Waals surface area contributed by atoms with Crippen LogP contribution in [0.4, 0.5) is 20.2 Å². The maximum atomic E-state index is 15.1. The van der Waals surface area contributed by atoms with Crippen LogP contribution in [0.15, 0.2) is 46.4 Å². The van der Waals surface area contributed by atoms with Crippen molar-refractivity contribution in [1.82, 2.24) is 35.4 Å². The van der Waals surface area contributed by atoms with Crippen LogP contribution < -0.4 is 25.7 Å². The zero-order valence-electron chi connectivity index (χ0n) is 33.8. The number of piperidine rings is 1. The number of anilines is 2. The first kappa shape index (κ1) is 40.5. The molecule has 6 amide bonds. The summed E-state index contributed by atoms with van der Waals surface area (Å²) in [6, 6.07) is 8.42. The summed E-state index contributed by atoms with van der Waals surface area (Å²) in [5.41, 5.74) is 5.13. The zero-order chi connectivity index (χ0) is 42.7. The van der Waals surface area contributed by atoms with E-state index in [1.165, 1.54) is 20.4 Å². The number of nitrogens with one attached hydrogen (secondary N) is 3. The lowest BCUT2D eigenvalue weighted by Crippen LogP contribution is -2.64. The minimum atomic E-state index is -3.55. The minimum absolute atomic E-state index is 0.0595. The number of hydrogen-bond acceptors (Lipinski definition) is 14. The summed E-state index contributed by atoms with van der Waals surface area (Å²) in [5, 5.41) is 7.23. The fourth-order valence-electron chi connectivity index (χ4n) is 9.47. The van der Waals surface area contributed by atoms with Gasteiger partial charge in [0, 0.05) is 82.3 Å². The molecule has 61 heavy (non-hydrogen) atoms. The maximum Gasteiger partial charge on any atom is 0.337 e. The molecule has 3 atom stereocenters. The number of rotatable bonds is 8. The summed E-state index contributed by atoms with van der Waals surface area (Å²) in [6.07, 6.45) is 4.25. The van der Waals surface area contributed by atoms with Crippen LogP contribution in [0.5, 0.6) is 5.75 Å². The van der Waals surface area contributed by atoms with Crippen molar-refractivity contribution >= 4 is 59.0 Å². The fraction of sp³-hybridized carbons (Fsp3) is 0.512. The molecule has 1 aliphatic carbocycles. The standard InChI is InChI=1S/C41H47F2N11O7/c1-49-31-19-44-40(47-34(31)53(24-5-3-4-6-24)22-41(42,43)39(49)60)45-29-10-7-23(17-32(29)61-2)35(56)48-52-15-13-50(14-16-52)26-20-51(21-26)25-8-9-27-28(18-25)38(59)54(37(27)58)30-11-12-33(55)46-36(30)57/h7-10,17-19,24,26,30-31,34H,3-6,11-16,20-22H2,1-2H3,(H,45,47)(H,48,56)(H,46,55,57). The largest absolute Gasteiger partial charge is 0.495 e. The Labute approximate surface area is 349 Å². The van der Waals surface area contributed by atoms with Gasteiger partial charge in [0.15, 0.2) is 0 Å². The molecular formula is C41H47F2N11O7. The second kappa shape index (κ2) is 15.9. The average molecular weight is 844 g/mol. The summed E-state index contributed by atoms with van der Waals surface area (Å²) in [5.74, 6) is -6.72. The van der Waals surface area contributed by atoms with E-state index in [-0.39, 0.29) is 47.9 Å². The number of hydrogen-bond donors (Lipinski definition) is 3. The van der Waals surface area contributed by atoms with E-state index in [9.17, 15) is 28.8 Å². The SMILES string of the molecule is COc1cc(C(=O)NN2CCN(C3CN(c4ccc5c(c4)C(=O)N(C4CCC(=O)NC4=O)C5=O)C3)CC2)ccc1NC1=NC2C(C=N1)N(C)C(=O)C(F)(F)CN2C1CCCC1. The number of fused-ring (bicyclic) bond motifs is 2. The number of imide groups is 2. The predicted octanol–water partition coefficient (Wildman–Crippen LogP) is 1.15. The van der Waals surface area contributed by atoms with Gasteiger partial charge >= 0.3 is 5.92 Å². The Kier molecular flexibility index (Phi) is 10.5. The molecule has 6 heterocycles. The molecule has 7 aliphatic rings. The molecule has 9 rings (SSSR count). The van der Waals surface area contributed by atoms with Crippen LogP contribution in [0.2, 0.25) is 0 Å². The van der Waals surface area contributed by atoms with Crippen LogP contribution >= 0.6 is 0 Å². The van der Waals surface area contributed by atoms with Gasteiger partial charge in [0.05, 0.1) is 30.5 Å². The van der Waals surface area contributed by atoms with Crippen molar-refractivity contribution in [3.05, 3.63) is 53.1 Å². The smallest absolute Gasteiger partial charge is 0.337 e. The van der Waals surface area contributed by atoms with E-state index < -0.39 is 60.3 Å². The van der Waals surface area contributed by atoms with Crippen molar-refractivity contribution in [2.24, 2.45) is 9.98 Å². The number of methoxy groups -OCH3 is 1. The van der Waals surface area contributed by atoms with Crippen LogP contribution in [0.1, 0.15) is 69.6 Å². The first-order valence-electron chi connectivity index (χ1n) is 20.7. The summed E-state index contributed by atoms with van der Waals surface area (Å²) in [7, 11) is 2.83. The summed E-state index contributed by atoms with van der Waals surface area (Å²) in [4.78, 5) is 93.8. The van der Waals surface area contributed by atoms with E-state index in [1.807, 2.05) is 11.1 Å². The Morgan fingerprint density at radius 2 is 1.66 bits per heavy atom. The van der Waals surface area contributed by atoms with Crippen molar-refractivity contribution in [2.75, 3.05) is 70.2 Å². The number of piperazine rings is 1. The number of benzene rings is 2. The van der Waals surface area contributed by atoms with Crippen molar-refractivity contribution in [3.63, 3.8) is 0 Å². The number of guanidine groups is 1. The maximum absolute atomic E-state index is 15.1. The van der Waals surface area contributed by atoms with Crippen LogP contribution in [-0.2, 0) is 14.4 Å². The molecule has 322 valence electrons. The summed E-state index contributed by atoms with van der Waals surface area (Å²) in [6.45, 7) is 3.34. The molecule has 6 aliphatic heterocycles. The first-order chi connectivity index (χ1) is 29.3. The fourth-order valence-corrected chi connectivity index (χ4v) is 9.47. The van der Waals surface area contributed by atoms with Gasteiger partial charge in [-0.25, -0.2) is 15.0 Å². The molecule has 0 bridgehead atoms. The van der Waals surface area contributed by atoms with Gasteiger partial charge in [0.2, 0.25) is 17.8 Å². The van der Waals surface area contributed by atoms with Crippen molar-refractivity contribution in [3.8, 4) is 5.75 Å². The highest BCUT2D eigenvalue weighted by atomic mass is 19.3. The molecule has 1 saturated carbocycles. The van der Waals surface area contributed by atoms with Gasteiger partial charge in [-0.2, -0.15) is 8.78 Å². The van der Waals surface area contributed by atoms with Gasteiger partial charge in [-0.1, -0.05) is 12.8 Å². The normalized spacial score (nSPS) is 26.4. The van der Waals surface area contributed by atoms with Crippen molar-refractivity contribution < 1.29 is 42.3 Å². The number of alkyl halides is 2. The van der Waals surface area contributed by atoms with Crippen LogP contribution in [0.3, 0.4) is 0 Å². The third-order valence-electron chi connectivity index (χ3n) is 13.0. The highest BCUT2D eigenvalue weighted by Crippen LogP contribution is 2.36. The topological polar surface area (TPSA) is 192 Å². The number of amides is 6. The molecule has 5 fully saturated rings. The van der Waals surface area contributed by atoms with E-state index >= 15 is 8.78 Å². The molecule has 2 aromatic carbocycles. The lowest BCUT2D eigenvalue weighted by molar-refractivity contribution is -0.156. The number of halogens is 2. The summed E-state index contributed by atoms with van der Waals surface area (Å²) < 4.78 is 35.8. The number of aliphatic imine (C=N–C) groups is 2. The van der Waals surface area contributed by atoms with Gasteiger partial charge in [-0.3, -0.25) is 54.2 Å². The lowest BCUT2D eigenvalue weighted by Gasteiger charge is -2.49. The molecule has 20 heteroatoms. The third kappa shape index (κ3) is 7.49. The second-order valence-electron chi connectivity index (χ2n) is 16.6. The number of carbonyl (C=O) groups excluding carboxylic acids is 6. The Morgan fingerprint density at radius 3 is 2.38 bits per heavy atom. The minimum Gasteiger partial charge on any atom is -0.495 e.